The number of halogens is 1. The van der Waals surface area contributed by atoms with E-state index in [1.165, 1.54) is 0 Å². The summed E-state index contributed by atoms with van der Waals surface area (Å²) in [6.07, 6.45) is 0.745. The lowest BCUT2D eigenvalue weighted by molar-refractivity contribution is 0.0894. The Hall–Kier alpha value is -1.26. The summed E-state index contributed by atoms with van der Waals surface area (Å²) in [5.41, 5.74) is 0.568. The van der Waals surface area contributed by atoms with Crippen molar-refractivity contribution in [3.8, 4) is 5.75 Å². The third kappa shape index (κ3) is 5.80. The fourth-order valence-electron chi connectivity index (χ4n) is 1.78. The van der Waals surface area contributed by atoms with Crippen molar-refractivity contribution in [1.29, 1.82) is 0 Å². The Morgan fingerprint density at radius 3 is 2.75 bits per heavy atom. The van der Waals surface area contributed by atoms with Crippen molar-refractivity contribution in [1.82, 2.24) is 5.32 Å². The quantitative estimate of drug-likeness (QED) is 0.751. The molecule has 0 radical (unpaired) electrons. The molecule has 0 bridgehead atoms. The molecule has 112 valence electrons. The molecule has 0 heterocycles. The number of ether oxygens (including phenoxy) is 2. The number of alkyl halides is 1. The topological polar surface area (TPSA) is 47.6 Å². The first-order valence-electron chi connectivity index (χ1n) is 6.69. The average Bonchev–Trinajstić information content (AvgIpc) is 2.38. The highest BCUT2D eigenvalue weighted by Gasteiger charge is 2.14. The molecule has 1 atom stereocenters. The zero-order valence-electron chi connectivity index (χ0n) is 12.2. The molecule has 0 spiro atoms. The van der Waals surface area contributed by atoms with Crippen LogP contribution < -0.4 is 10.1 Å². The molecule has 1 aromatic carbocycles. The number of hydrogen-bond donors (Lipinski definition) is 1. The molecule has 0 aliphatic carbocycles. The van der Waals surface area contributed by atoms with Gasteiger partial charge in [-0.3, -0.25) is 4.79 Å². The number of carbonyl (C=O) groups is 1. The highest BCUT2D eigenvalue weighted by atomic mass is 35.5. The molecular formula is C15H22ClNO3. The summed E-state index contributed by atoms with van der Waals surface area (Å²) < 4.78 is 10.7. The van der Waals surface area contributed by atoms with Crippen molar-refractivity contribution < 1.29 is 14.3 Å². The van der Waals surface area contributed by atoms with Crippen molar-refractivity contribution in [2.45, 2.75) is 32.4 Å². The first kappa shape index (κ1) is 16.8. The predicted octanol–water partition coefficient (Wildman–Crippen LogP) is 2.85. The van der Waals surface area contributed by atoms with Gasteiger partial charge in [0.2, 0.25) is 0 Å². The van der Waals surface area contributed by atoms with Gasteiger partial charge in [0.1, 0.15) is 5.75 Å². The van der Waals surface area contributed by atoms with Gasteiger partial charge >= 0.3 is 0 Å². The van der Waals surface area contributed by atoms with Gasteiger partial charge in [-0.15, -0.1) is 11.6 Å². The second-order valence-electron chi connectivity index (χ2n) is 4.80. The summed E-state index contributed by atoms with van der Waals surface area (Å²) in [5, 5.41) is 2.91. The van der Waals surface area contributed by atoms with Crippen LogP contribution in [0.15, 0.2) is 24.3 Å². The summed E-state index contributed by atoms with van der Waals surface area (Å²) in [5.74, 6) is 1.02. The van der Waals surface area contributed by atoms with Crippen LogP contribution in [-0.2, 0) is 4.74 Å². The SMILES string of the molecule is COCC(CCCl)NC(=O)c1cccc(OC(C)C)c1. The molecule has 0 saturated carbocycles. The molecular weight excluding hydrogens is 278 g/mol. The predicted molar refractivity (Wildman–Crippen MR) is 80.7 cm³/mol. The van der Waals surface area contributed by atoms with E-state index in [1.807, 2.05) is 19.9 Å². The number of nitrogens with one attached hydrogen (secondary N) is 1. The Balaban J connectivity index is 2.70. The monoisotopic (exact) mass is 299 g/mol. The minimum absolute atomic E-state index is 0.0748. The Bertz CT molecular complexity index is 417. The zero-order valence-corrected chi connectivity index (χ0v) is 12.9. The van der Waals surface area contributed by atoms with Gasteiger partial charge in [-0.1, -0.05) is 6.07 Å². The summed E-state index contributed by atoms with van der Waals surface area (Å²) in [7, 11) is 1.60. The van der Waals surface area contributed by atoms with E-state index in [2.05, 4.69) is 5.32 Å². The van der Waals surface area contributed by atoms with Gasteiger partial charge in [-0.05, 0) is 38.5 Å². The molecule has 0 saturated heterocycles. The maximum absolute atomic E-state index is 12.2. The van der Waals surface area contributed by atoms with Gasteiger partial charge in [-0.2, -0.15) is 0 Å². The van der Waals surface area contributed by atoms with E-state index in [0.29, 0.717) is 30.2 Å². The fraction of sp³-hybridized carbons (Fsp3) is 0.533. The van der Waals surface area contributed by atoms with Crippen molar-refractivity contribution in [3.63, 3.8) is 0 Å². The van der Waals surface area contributed by atoms with E-state index in [-0.39, 0.29) is 18.1 Å². The summed E-state index contributed by atoms with van der Waals surface area (Å²) >= 11 is 5.72. The molecule has 0 fully saturated rings. The minimum atomic E-state index is -0.147. The second-order valence-corrected chi connectivity index (χ2v) is 5.18. The first-order valence-corrected chi connectivity index (χ1v) is 7.22. The van der Waals surface area contributed by atoms with Crippen LogP contribution in [0.3, 0.4) is 0 Å². The van der Waals surface area contributed by atoms with Gasteiger partial charge < -0.3 is 14.8 Å². The van der Waals surface area contributed by atoms with Gasteiger partial charge in [0.15, 0.2) is 0 Å². The molecule has 1 N–H and O–H groups in total. The van der Waals surface area contributed by atoms with Crippen LogP contribution in [0.1, 0.15) is 30.6 Å². The lowest BCUT2D eigenvalue weighted by Gasteiger charge is -2.17. The van der Waals surface area contributed by atoms with Gasteiger partial charge in [0.05, 0.1) is 18.8 Å². The van der Waals surface area contributed by atoms with Gasteiger partial charge in [0.25, 0.3) is 5.91 Å². The molecule has 0 aliphatic rings. The standard InChI is InChI=1S/C15H22ClNO3/c1-11(2)20-14-6-4-5-12(9-14)15(18)17-13(7-8-16)10-19-3/h4-6,9,11,13H,7-8,10H2,1-3H3,(H,17,18). The molecule has 20 heavy (non-hydrogen) atoms. The Morgan fingerprint density at radius 2 is 2.15 bits per heavy atom. The maximum Gasteiger partial charge on any atom is 0.251 e. The summed E-state index contributed by atoms with van der Waals surface area (Å²) in [6.45, 7) is 4.34. The molecule has 1 rings (SSSR count). The van der Waals surface area contributed by atoms with Crippen LogP contribution in [0.25, 0.3) is 0 Å². The highest BCUT2D eigenvalue weighted by molar-refractivity contribution is 6.17. The Labute approximate surface area is 125 Å². The van der Waals surface area contributed by atoms with E-state index in [9.17, 15) is 4.79 Å². The van der Waals surface area contributed by atoms with Crippen LogP contribution in [0, 0.1) is 0 Å². The number of benzene rings is 1. The van der Waals surface area contributed by atoms with Crippen molar-refractivity contribution in [3.05, 3.63) is 29.8 Å². The lowest BCUT2D eigenvalue weighted by atomic mass is 10.1. The van der Waals surface area contributed by atoms with Crippen LogP contribution in [-0.4, -0.2) is 37.6 Å². The smallest absolute Gasteiger partial charge is 0.251 e. The zero-order chi connectivity index (χ0) is 15.0. The third-order valence-corrected chi connectivity index (χ3v) is 2.85. The number of hydrogen-bond acceptors (Lipinski definition) is 3. The van der Waals surface area contributed by atoms with Crippen LogP contribution in [0.4, 0.5) is 0 Å². The van der Waals surface area contributed by atoms with E-state index in [0.717, 1.165) is 0 Å². The lowest BCUT2D eigenvalue weighted by Crippen LogP contribution is -2.38. The molecule has 4 nitrogen and oxygen atoms in total. The number of rotatable bonds is 8. The Morgan fingerprint density at radius 1 is 1.40 bits per heavy atom. The molecule has 1 aromatic rings. The second kappa shape index (κ2) is 8.82. The van der Waals surface area contributed by atoms with Crippen molar-refractivity contribution in [2.75, 3.05) is 19.6 Å². The molecule has 5 heteroatoms. The molecule has 0 aromatic heterocycles. The number of carbonyl (C=O) groups excluding carboxylic acids is 1. The van der Waals surface area contributed by atoms with Crippen LogP contribution >= 0.6 is 11.6 Å². The van der Waals surface area contributed by atoms with E-state index in [4.69, 9.17) is 21.1 Å². The van der Waals surface area contributed by atoms with Crippen molar-refractivity contribution >= 4 is 17.5 Å². The summed E-state index contributed by atoms with van der Waals surface area (Å²) in [6, 6.07) is 7.05. The van der Waals surface area contributed by atoms with Crippen LogP contribution in [0.2, 0.25) is 0 Å². The van der Waals surface area contributed by atoms with E-state index in [1.54, 1.807) is 25.3 Å². The van der Waals surface area contributed by atoms with Crippen molar-refractivity contribution in [2.24, 2.45) is 0 Å². The normalized spacial score (nSPS) is 12.2. The average molecular weight is 300 g/mol. The van der Waals surface area contributed by atoms with E-state index >= 15 is 0 Å². The third-order valence-electron chi connectivity index (χ3n) is 2.63. The molecule has 0 aliphatic heterocycles. The fourth-order valence-corrected chi connectivity index (χ4v) is 2.05. The minimum Gasteiger partial charge on any atom is -0.491 e. The van der Waals surface area contributed by atoms with Crippen LogP contribution in [0.5, 0.6) is 5.75 Å². The highest BCUT2D eigenvalue weighted by Crippen LogP contribution is 2.15. The molecule has 1 unspecified atom stereocenters. The van der Waals surface area contributed by atoms with Gasteiger partial charge in [-0.25, -0.2) is 0 Å². The van der Waals surface area contributed by atoms with Gasteiger partial charge in [0, 0.05) is 18.6 Å². The van der Waals surface area contributed by atoms with E-state index < -0.39 is 0 Å². The summed E-state index contributed by atoms with van der Waals surface area (Å²) in [4.78, 5) is 12.2. The number of methoxy groups -OCH3 is 1. The first-order chi connectivity index (χ1) is 9.56. The number of amides is 1. The maximum atomic E-state index is 12.2. The largest absolute Gasteiger partial charge is 0.491 e. The molecule has 1 amide bonds. The Kier molecular flexibility index (Phi) is 7.41.